The monoisotopic (exact) mass is 591 g/mol. The second-order valence-electron chi connectivity index (χ2n) is 9.50. The van der Waals surface area contributed by atoms with Crippen molar-refractivity contribution in [3.05, 3.63) is 59.6 Å². The van der Waals surface area contributed by atoms with Crippen molar-refractivity contribution in [2.24, 2.45) is 0 Å². The van der Waals surface area contributed by atoms with Crippen LogP contribution in [0.3, 0.4) is 0 Å². The molecule has 40 heavy (non-hydrogen) atoms. The minimum Gasteiger partial charge on any atom is -0.495 e. The highest BCUT2D eigenvalue weighted by molar-refractivity contribution is 6.33. The summed E-state index contributed by atoms with van der Waals surface area (Å²) in [6.07, 6.45) is 4.54. The highest BCUT2D eigenvalue weighted by Crippen LogP contribution is 2.36. The molecule has 2 unspecified atom stereocenters. The van der Waals surface area contributed by atoms with Crippen LogP contribution in [0.4, 0.5) is 22.1 Å². The molecule has 1 aromatic carbocycles. The topological polar surface area (TPSA) is 104 Å². The number of carbonyl (C=O) groups is 1. The van der Waals surface area contributed by atoms with Crippen LogP contribution in [0.1, 0.15) is 0 Å². The minimum atomic E-state index is -1.38. The maximum absolute atomic E-state index is 13.1. The Labute approximate surface area is 244 Å². The van der Waals surface area contributed by atoms with Gasteiger partial charge in [0.15, 0.2) is 5.06 Å². The van der Waals surface area contributed by atoms with Gasteiger partial charge in [0.1, 0.15) is 42.1 Å². The molecular weight excluding hydrogens is 557 g/mol. The van der Waals surface area contributed by atoms with Crippen LogP contribution in [0.25, 0.3) is 0 Å². The maximum atomic E-state index is 13.1. The first-order chi connectivity index (χ1) is 19.2. The molecule has 1 aliphatic carbocycles. The molecule has 0 bridgehead atoms. The number of aromatic nitrogens is 2. The zero-order valence-corrected chi connectivity index (χ0v) is 24.6. The quantitative estimate of drug-likeness (QED) is 0.401. The van der Waals surface area contributed by atoms with Gasteiger partial charge in [0, 0.05) is 58.6 Å². The summed E-state index contributed by atoms with van der Waals surface area (Å²) in [5.41, 5.74) is 0.813. The number of likely N-dealkylation sites (N-methyl/N-ethyl adjacent to an activating group) is 1. The molecule has 11 nitrogen and oxygen atoms in total. The number of benzene rings is 1. The Bertz CT molecular complexity index is 1220. The molecule has 0 saturated carbocycles. The number of piperazine rings is 1. The third-order valence-corrected chi connectivity index (χ3v) is 7.75. The lowest BCUT2D eigenvalue weighted by Crippen LogP contribution is -2.54. The van der Waals surface area contributed by atoms with Gasteiger partial charge in [-0.25, -0.2) is 14.8 Å². The third kappa shape index (κ3) is 7.35. The number of carbonyl (C=O) groups excluding carboxylic acids is 1. The molecule has 1 fully saturated rings. The van der Waals surface area contributed by atoms with Crippen LogP contribution in [0.5, 0.6) is 5.75 Å². The van der Waals surface area contributed by atoms with E-state index < -0.39 is 17.1 Å². The fourth-order valence-electron chi connectivity index (χ4n) is 4.26. The van der Waals surface area contributed by atoms with Crippen LogP contribution in [0.2, 0.25) is 0 Å². The van der Waals surface area contributed by atoms with Crippen molar-refractivity contribution in [2.45, 2.75) is 11.1 Å². The number of urea groups is 1. The first kappa shape index (κ1) is 29.9. The predicted octanol–water partition coefficient (Wildman–Crippen LogP) is 3.61. The molecule has 2 atom stereocenters. The number of ether oxygens (including phenoxy) is 3. The van der Waals surface area contributed by atoms with Crippen molar-refractivity contribution in [3.8, 4) is 5.75 Å². The molecule has 2 N–H and O–H groups in total. The van der Waals surface area contributed by atoms with Crippen molar-refractivity contribution in [1.29, 1.82) is 0 Å². The van der Waals surface area contributed by atoms with Gasteiger partial charge in [-0.2, -0.15) is 0 Å². The van der Waals surface area contributed by atoms with Gasteiger partial charge in [-0.15, -0.1) is 0 Å². The second kappa shape index (κ2) is 13.5. The molecule has 1 aliphatic heterocycles. The number of hydrogen-bond acceptors (Lipinski definition) is 9. The SMILES string of the molecule is COC1=C(Cl)C(NC(=O)N(C)c2cc(Nc3ccc(OCCN4CCN(C)CC4)cc3)ncn2)C(Cl)(OC)C=C1. The molecule has 0 spiro atoms. The summed E-state index contributed by atoms with van der Waals surface area (Å²) in [7, 11) is 6.63. The van der Waals surface area contributed by atoms with Crippen LogP contribution >= 0.6 is 23.2 Å². The van der Waals surface area contributed by atoms with Gasteiger partial charge in [0.2, 0.25) is 0 Å². The summed E-state index contributed by atoms with van der Waals surface area (Å²) in [5.74, 6) is 2.04. The van der Waals surface area contributed by atoms with Crippen molar-refractivity contribution in [1.82, 2.24) is 25.1 Å². The molecule has 4 rings (SSSR count). The molecule has 1 saturated heterocycles. The number of amides is 2. The molecule has 13 heteroatoms. The van der Waals surface area contributed by atoms with E-state index in [1.165, 1.54) is 25.4 Å². The van der Waals surface area contributed by atoms with E-state index in [1.807, 2.05) is 24.3 Å². The molecule has 1 aromatic heterocycles. The summed E-state index contributed by atoms with van der Waals surface area (Å²) in [5, 5.41) is 4.85. The number of hydrogen-bond donors (Lipinski definition) is 2. The van der Waals surface area contributed by atoms with Crippen LogP contribution in [-0.4, -0.2) is 105 Å². The van der Waals surface area contributed by atoms with Crippen LogP contribution in [-0.2, 0) is 9.47 Å². The summed E-state index contributed by atoms with van der Waals surface area (Å²) in [6, 6.07) is 7.90. The highest BCUT2D eigenvalue weighted by Gasteiger charge is 2.42. The highest BCUT2D eigenvalue weighted by atomic mass is 35.5. The number of rotatable bonds is 10. The molecule has 2 amide bonds. The number of alkyl halides is 1. The van der Waals surface area contributed by atoms with E-state index in [2.05, 4.69) is 37.4 Å². The Morgan fingerprint density at radius 1 is 1.18 bits per heavy atom. The van der Waals surface area contributed by atoms with E-state index in [9.17, 15) is 4.79 Å². The van der Waals surface area contributed by atoms with E-state index in [1.54, 1.807) is 25.3 Å². The zero-order valence-electron chi connectivity index (χ0n) is 23.1. The standard InChI is InChI=1S/C27H35Cl2N7O4/c1-34-11-13-36(14-12-34)15-16-40-20-7-5-19(6-8-20)32-22-17-23(31-18-30-22)35(2)26(37)33-25-24(28)21(38-3)9-10-27(25,29)39-4/h5-10,17-18,25H,11-16H2,1-4H3,(H,33,37)(H,30,31,32). The van der Waals surface area contributed by atoms with Gasteiger partial charge in [-0.3, -0.25) is 9.80 Å². The molecule has 0 radical (unpaired) electrons. The van der Waals surface area contributed by atoms with Gasteiger partial charge in [-0.05, 0) is 43.5 Å². The number of halogens is 2. The van der Waals surface area contributed by atoms with E-state index in [0.717, 1.165) is 44.2 Å². The van der Waals surface area contributed by atoms with Gasteiger partial charge >= 0.3 is 6.03 Å². The predicted molar refractivity (Wildman–Crippen MR) is 157 cm³/mol. The second-order valence-corrected chi connectivity index (χ2v) is 10.5. The first-order valence-corrected chi connectivity index (χ1v) is 13.6. The summed E-state index contributed by atoms with van der Waals surface area (Å²) in [6.45, 7) is 5.86. The summed E-state index contributed by atoms with van der Waals surface area (Å²) in [4.78, 5) is 27.7. The average Bonchev–Trinajstić information content (AvgIpc) is 2.97. The van der Waals surface area contributed by atoms with E-state index >= 15 is 0 Å². The molecule has 2 aromatic rings. The van der Waals surface area contributed by atoms with Crippen molar-refractivity contribution < 1.29 is 19.0 Å². The third-order valence-electron chi connectivity index (χ3n) is 6.84. The largest absolute Gasteiger partial charge is 0.495 e. The van der Waals surface area contributed by atoms with Crippen molar-refractivity contribution in [2.75, 3.05) is 77.9 Å². The van der Waals surface area contributed by atoms with Crippen LogP contribution < -0.4 is 20.3 Å². The number of nitrogens with one attached hydrogen (secondary N) is 2. The van der Waals surface area contributed by atoms with Gasteiger partial charge in [0.25, 0.3) is 0 Å². The van der Waals surface area contributed by atoms with E-state index in [0.29, 0.717) is 24.0 Å². The van der Waals surface area contributed by atoms with Gasteiger partial charge < -0.3 is 29.7 Å². The normalized spacial score (nSPS) is 21.7. The lowest BCUT2D eigenvalue weighted by Gasteiger charge is -2.35. The Kier molecular flexibility index (Phi) is 10.1. The maximum Gasteiger partial charge on any atom is 0.323 e. The zero-order chi connectivity index (χ0) is 28.7. The molecule has 216 valence electrons. The average molecular weight is 593 g/mol. The summed E-state index contributed by atoms with van der Waals surface area (Å²) < 4.78 is 16.6. The Morgan fingerprint density at radius 2 is 1.90 bits per heavy atom. The van der Waals surface area contributed by atoms with E-state index in [4.69, 9.17) is 37.4 Å². The Balaban J connectivity index is 1.33. The van der Waals surface area contributed by atoms with Crippen molar-refractivity contribution >= 4 is 46.6 Å². The van der Waals surface area contributed by atoms with Gasteiger partial charge in [0.05, 0.1) is 12.1 Å². The van der Waals surface area contributed by atoms with Crippen molar-refractivity contribution in [3.63, 3.8) is 0 Å². The Hall–Kier alpha value is -3.09. The van der Waals surface area contributed by atoms with Gasteiger partial charge in [-0.1, -0.05) is 23.2 Å². The fraction of sp³-hybridized carbons (Fsp3) is 0.444. The number of anilines is 3. The Morgan fingerprint density at radius 3 is 2.58 bits per heavy atom. The number of methoxy groups -OCH3 is 2. The number of nitrogens with zero attached hydrogens (tertiary/aromatic N) is 5. The lowest BCUT2D eigenvalue weighted by molar-refractivity contribution is 0.0804. The smallest absolute Gasteiger partial charge is 0.323 e. The molecule has 2 heterocycles. The molecular formula is C27H35Cl2N7O4. The van der Waals surface area contributed by atoms with Crippen LogP contribution in [0, 0.1) is 0 Å². The van der Waals surface area contributed by atoms with E-state index in [-0.39, 0.29) is 5.03 Å². The first-order valence-electron chi connectivity index (χ1n) is 12.9. The fourth-order valence-corrected chi connectivity index (χ4v) is 4.90. The van der Waals surface area contributed by atoms with Crippen LogP contribution in [0.15, 0.2) is 59.6 Å². The molecule has 2 aliphatic rings. The lowest BCUT2D eigenvalue weighted by atomic mass is 10.0. The number of allylic oxidation sites excluding steroid dienone is 1. The summed E-state index contributed by atoms with van der Waals surface area (Å²) >= 11 is 13.0. The minimum absolute atomic E-state index is 0.209.